The minimum Gasteiger partial charge on any atom is -0.497 e. The van der Waals surface area contributed by atoms with Crippen LogP contribution in [0.3, 0.4) is 0 Å². The SMILES string of the molecule is COc1ccc(C(Cc2ccc(C)cc2)C(=O)C(F)(F)F)cc1. The van der Waals surface area contributed by atoms with E-state index in [4.69, 9.17) is 4.74 Å². The fourth-order valence-electron chi connectivity index (χ4n) is 2.36. The van der Waals surface area contributed by atoms with Crippen LogP contribution < -0.4 is 4.74 Å². The summed E-state index contributed by atoms with van der Waals surface area (Å²) in [5.41, 5.74) is 2.03. The van der Waals surface area contributed by atoms with Gasteiger partial charge in [-0.15, -0.1) is 0 Å². The van der Waals surface area contributed by atoms with E-state index in [1.54, 1.807) is 24.3 Å². The summed E-state index contributed by atoms with van der Waals surface area (Å²) in [5, 5.41) is 0. The van der Waals surface area contributed by atoms with Crippen molar-refractivity contribution in [2.75, 3.05) is 7.11 Å². The third kappa shape index (κ3) is 4.34. The first-order valence-corrected chi connectivity index (χ1v) is 7.12. The highest BCUT2D eigenvalue weighted by Gasteiger charge is 2.43. The number of methoxy groups -OCH3 is 1. The molecule has 1 atom stereocenters. The molecule has 0 aromatic heterocycles. The molecule has 0 spiro atoms. The number of benzene rings is 2. The van der Waals surface area contributed by atoms with Gasteiger partial charge in [-0.2, -0.15) is 13.2 Å². The van der Waals surface area contributed by atoms with Crippen molar-refractivity contribution in [1.82, 2.24) is 0 Å². The highest BCUT2D eigenvalue weighted by atomic mass is 19.4. The zero-order chi connectivity index (χ0) is 17.0. The summed E-state index contributed by atoms with van der Waals surface area (Å²) in [4.78, 5) is 11.8. The molecule has 2 rings (SSSR count). The maximum Gasteiger partial charge on any atom is 0.450 e. The Bertz CT molecular complexity index is 658. The third-order valence-electron chi connectivity index (χ3n) is 3.67. The maximum absolute atomic E-state index is 12.9. The number of rotatable bonds is 5. The molecule has 0 aliphatic rings. The van der Waals surface area contributed by atoms with E-state index in [0.29, 0.717) is 16.9 Å². The molecule has 2 aromatic carbocycles. The molecule has 1 unspecified atom stereocenters. The van der Waals surface area contributed by atoms with E-state index >= 15 is 0 Å². The molecule has 0 saturated carbocycles. The highest BCUT2D eigenvalue weighted by Crippen LogP contribution is 2.31. The van der Waals surface area contributed by atoms with Crippen LogP contribution in [0.4, 0.5) is 13.2 Å². The van der Waals surface area contributed by atoms with Crippen molar-refractivity contribution in [1.29, 1.82) is 0 Å². The number of alkyl halides is 3. The molecular formula is C18H17F3O2. The number of Topliss-reactive ketones (excluding diaryl/α,β-unsaturated/α-hetero) is 1. The first-order valence-electron chi connectivity index (χ1n) is 7.12. The van der Waals surface area contributed by atoms with Gasteiger partial charge in [0.2, 0.25) is 5.78 Å². The highest BCUT2D eigenvalue weighted by molar-refractivity contribution is 5.90. The number of ketones is 1. The Morgan fingerprint density at radius 1 is 1.04 bits per heavy atom. The van der Waals surface area contributed by atoms with E-state index in [0.717, 1.165) is 5.56 Å². The number of halogens is 3. The predicted octanol–water partition coefficient (Wildman–Crippen LogP) is 4.46. The van der Waals surface area contributed by atoms with Crippen molar-refractivity contribution in [2.45, 2.75) is 25.4 Å². The molecule has 2 nitrogen and oxygen atoms in total. The second-order valence-corrected chi connectivity index (χ2v) is 5.38. The normalized spacial score (nSPS) is 12.7. The van der Waals surface area contributed by atoms with Crippen molar-refractivity contribution < 1.29 is 22.7 Å². The Hall–Kier alpha value is -2.30. The van der Waals surface area contributed by atoms with Gasteiger partial charge < -0.3 is 4.74 Å². The van der Waals surface area contributed by atoms with Crippen LogP contribution in [-0.2, 0) is 11.2 Å². The molecule has 122 valence electrons. The van der Waals surface area contributed by atoms with Gasteiger partial charge in [-0.25, -0.2) is 0 Å². The number of aryl methyl sites for hydroxylation is 1. The minimum atomic E-state index is -4.87. The molecule has 2 aromatic rings. The molecule has 0 aliphatic heterocycles. The zero-order valence-electron chi connectivity index (χ0n) is 12.9. The lowest BCUT2D eigenvalue weighted by molar-refractivity contribution is -0.172. The first-order chi connectivity index (χ1) is 10.8. The average Bonchev–Trinajstić information content (AvgIpc) is 2.53. The Morgan fingerprint density at radius 2 is 1.61 bits per heavy atom. The van der Waals surface area contributed by atoms with Gasteiger partial charge in [0.1, 0.15) is 5.75 Å². The summed E-state index contributed by atoms with van der Waals surface area (Å²) in [6, 6.07) is 13.2. The van der Waals surface area contributed by atoms with Crippen molar-refractivity contribution in [3.05, 3.63) is 65.2 Å². The second-order valence-electron chi connectivity index (χ2n) is 5.38. The molecule has 0 radical (unpaired) electrons. The number of ether oxygens (including phenoxy) is 1. The lowest BCUT2D eigenvalue weighted by atomic mass is 9.88. The topological polar surface area (TPSA) is 26.3 Å². The Kier molecular flexibility index (Phi) is 5.08. The van der Waals surface area contributed by atoms with Gasteiger partial charge in [-0.3, -0.25) is 4.79 Å². The molecular weight excluding hydrogens is 305 g/mol. The number of carbonyl (C=O) groups excluding carboxylic acids is 1. The summed E-state index contributed by atoms with van der Waals surface area (Å²) >= 11 is 0. The lowest BCUT2D eigenvalue weighted by Crippen LogP contribution is -2.30. The number of carbonyl (C=O) groups is 1. The van der Waals surface area contributed by atoms with Crippen LogP contribution in [0.1, 0.15) is 22.6 Å². The molecule has 0 heterocycles. The molecule has 0 bridgehead atoms. The van der Waals surface area contributed by atoms with Gasteiger partial charge in [-0.1, -0.05) is 42.0 Å². The van der Waals surface area contributed by atoms with Gasteiger partial charge in [0.25, 0.3) is 0 Å². The van der Waals surface area contributed by atoms with Crippen molar-refractivity contribution >= 4 is 5.78 Å². The lowest BCUT2D eigenvalue weighted by Gasteiger charge is -2.18. The molecule has 0 fully saturated rings. The smallest absolute Gasteiger partial charge is 0.450 e. The van der Waals surface area contributed by atoms with Crippen LogP contribution in [0.2, 0.25) is 0 Å². The van der Waals surface area contributed by atoms with Gasteiger partial charge in [0.15, 0.2) is 0 Å². The van der Waals surface area contributed by atoms with Crippen LogP contribution in [0.25, 0.3) is 0 Å². The van der Waals surface area contributed by atoms with E-state index in [9.17, 15) is 18.0 Å². The van der Waals surface area contributed by atoms with Crippen LogP contribution >= 0.6 is 0 Å². The largest absolute Gasteiger partial charge is 0.497 e. The van der Waals surface area contributed by atoms with E-state index in [1.807, 2.05) is 19.1 Å². The van der Waals surface area contributed by atoms with Crippen molar-refractivity contribution in [3.63, 3.8) is 0 Å². The van der Waals surface area contributed by atoms with Crippen molar-refractivity contribution in [3.8, 4) is 5.75 Å². The van der Waals surface area contributed by atoms with Gasteiger partial charge in [0, 0.05) is 0 Å². The zero-order valence-corrected chi connectivity index (χ0v) is 12.9. The van der Waals surface area contributed by atoms with E-state index in [-0.39, 0.29) is 6.42 Å². The first kappa shape index (κ1) is 17.1. The third-order valence-corrected chi connectivity index (χ3v) is 3.67. The average molecular weight is 322 g/mol. The summed E-state index contributed by atoms with van der Waals surface area (Å²) < 4.78 is 43.8. The molecule has 0 N–H and O–H groups in total. The second kappa shape index (κ2) is 6.86. The monoisotopic (exact) mass is 322 g/mol. The van der Waals surface area contributed by atoms with Crippen molar-refractivity contribution in [2.24, 2.45) is 0 Å². The Morgan fingerprint density at radius 3 is 2.09 bits per heavy atom. The predicted molar refractivity (Wildman–Crippen MR) is 81.7 cm³/mol. The Labute approximate surface area is 132 Å². The molecule has 0 aliphatic carbocycles. The van der Waals surface area contributed by atoms with Crippen LogP contribution in [0.5, 0.6) is 5.75 Å². The molecule has 23 heavy (non-hydrogen) atoms. The van der Waals surface area contributed by atoms with Crippen LogP contribution in [0, 0.1) is 6.92 Å². The summed E-state index contributed by atoms with van der Waals surface area (Å²) in [6.45, 7) is 1.89. The molecule has 5 heteroatoms. The fourth-order valence-corrected chi connectivity index (χ4v) is 2.36. The number of hydrogen-bond donors (Lipinski definition) is 0. The quantitative estimate of drug-likeness (QED) is 0.812. The summed E-state index contributed by atoms with van der Waals surface area (Å²) in [7, 11) is 1.47. The maximum atomic E-state index is 12.9. The van der Waals surface area contributed by atoms with Gasteiger partial charge in [0.05, 0.1) is 13.0 Å². The summed E-state index contributed by atoms with van der Waals surface area (Å²) in [5.74, 6) is -2.46. The number of hydrogen-bond acceptors (Lipinski definition) is 2. The van der Waals surface area contributed by atoms with E-state index in [2.05, 4.69) is 0 Å². The van der Waals surface area contributed by atoms with E-state index < -0.39 is 17.9 Å². The standard InChI is InChI=1S/C18H17F3O2/c1-12-3-5-13(6-4-12)11-16(17(22)18(19,20)21)14-7-9-15(23-2)10-8-14/h3-10,16H,11H2,1-2H3. The molecule has 0 amide bonds. The van der Waals surface area contributed by atoms with E-state index in [1.165, 1.54) is 19.2 Å². The van der Waals surface area contributed by atoms with Gasteiger partial charge >= 0.3 is 6.18 Å². The van der Waals surface area contributed by atoms with Crippen LogP contribution in [0.15, 0.2) is 48.5 Å². The minimum absolute atomic E-state index is 0.00491. The summed E-state index contributed by atoms with van der Waals surface area (Å²) in [6.07, 6.45) is -4.86. The van der Waals surface area contributed by atoms with Gasteiger partial charge in [-0.05, 0) is 36.6 Å². The Balaban J connectivity index is 2.34. The molecule has 0 saturated heterocycles. The van der Waals surface area contributed by atoms with Crippen LogP contribution in [-0.4, -0.2) is 19.1 Å². The fraction of sp³-hybridized carbons (Fsp3) is 0.278.